The van der Waals surface area contributed by atoms with Gasteiger partial charge >= 0.3 is 0 Å². The minimum absolute atomic E-state index is 0.239. The van der Waals surface area contributed by atoms with Crippen molar-refractivity contribution < 1.29 is 13.2 Å². The van der Waals surface area contributed by atoms with E-state index in [9.17, 15) is 8.42 Å². The van der Waals surface area contributed by atoms with Gasteiger partial charge < -0.3 is 4.74 Å². The van der Waals surface area contributed by atoms with Gasteiger partial charge in [0.2, 0.25) is 0 Å². The number of rotatable bonds is 9. The molecule has 0 radical (unpaired) electrons. The molecule has 0 unspecified atom stereocenters. The van der Waals surface area contributed by atoms with E-state index < -0.39 is 9.84 Å². The van der Waals surface area contributed by atoms with Gasteiger partial charge in [-0.1, -0.05) is 25.0 Å². The van der Waals surface area contributed by atoms with Crippen LogP contribution in [0.3, 0.4) is 0 Å². The van der Waals surface area contributed by atoms with E-state index >= 15 is 0 Å². The summed E-state index contributed by atoms with van der Waals surface area (Å²) in [6.45, 7) is 4.46. The van der Waals surface area contributed by atoms with Gasteiger partial charge in [0.1, 0.15) is 5.75 Å². The van der Waals surface area contributed by atoms with Crippen LogP contribution < -0.4 is 4.74 Å². The van der Waals surface area contributed by atoms with Crippen LogP contribution in [-0.2, 0) is 16.3 Å². The minimum Gasteiger partial charge on any atom is -0.493 e. The predicted molar refractivity (Wildman–Crippen MR) is 107 cm³/mol. The fraction of sp³-hybridized carbons (Fsp3) is 0.727. The van der Waals surface area contributed by atoms with Gasteiger partial charge in [0.15, 0.2) is 9.84 Å². The average Bonchev–Trinajstić information content (AvgIpc) is 3.44. The van der Waals surface area contributed by atoms with E-state index in [1.54, 1.807) is 13.8 Å². The lowest BCUT2D eigenvalue weighted by Gasteiger charge is -2.28. The first kappa shape index (κ1) is 19.7. The monoisotopic (exact) mass is 378 g/mol. The van der Waals surface area contributed by atoms with Crippen LogP contribution in [0, 0.1) is 17.8 Å². The maximum absolute atomic E-state index is 12.1. The molecule has 0 amide bonds. The quantitative estimate of drug-likeness (QED) is 0.605. The van der Waals surface area contributed by atoms with Gasteiger partial charge in [-0.25, -0.2) is 8.42 Å². The van der Waals surface area contributed by atoms with Crippen molar-refractivity contribution in [3.63, 3.8) is 0 Å². The molecule has 0 spiro atoms. The summed E-state index contributed by atoms with van der Waals surface area (Å²) < 4.78 is 30.0. The van der Waals surface area contributed by atoms with E-state index in [-0.39, 0.29) is 5.25 Å². The Morgan fingerprint density at radius 2 is 1.50 bits per heavy atom. The molecular formula is C22H34O3S. The molecule has 26 heavy (non-hydrogen) atoms. The summed E-state index contributed by atoms with van der Waals surface area (Å²) in [4.78, 5) is 0. The first-order valence-electron chi connectivity index (χ1n) is 10.4. The highest BCUT2D eigenvalue weighted by Gasteiger charge is 2.27. The van der Waals surface area contributed by atoms with E-state index in [0.29, 0.717) is 11.7 Å². The Hall–Kier alpha value is -1.03. The molecule has 0 heterocycles. The largest absolute Gasteiger partial charge is 0.493 e. The summed E-state index contributed by atoms with van der Waals surface area (Å²) in [5.74, 6) is 3.30. The van der Waals surface area contributed by atoms with Crippen molar-refractivity contribution in [1.29, 1.82) is 0 Å². The lowest BCUT2D eigenvalue weighted by atomic mass is 9.80. The topological polar surface area (TPSA) is 43.4 Å². The lowest BCUT2D eigenvalue weighted by Crippen LogP contribution is -2.26. The molecule has 2 fully saturated rings. The third-order valence-corrected chi connectivity index (χ3v) is 8.47. The van der Waals surface area contributed by atoms with Crippen molar-refractivity contribution in [3.8, 4) is 5.75 Å². The van der Waals surface area contributed by atoms with Crippen molar-refractivity contribution in [2.24, 2.45) is 17.8 Å². The summed E-state index contributed by atoms with van der Waals surface area (Å²) in [5.41, 5.74) is 1.38. The van der Waals surface area contributed by atoms with E-state index in [4.69, 9.17) is 4.74 Å². The molecule has 0 N–H and O–H groups in total. The van der Waals surface area contributed by atoms with Gasteiger partial charge in [0.25, 0.3) is 0 Å². The van der Waals surface area contributed by atoms with Crippen molar-refractivity contribution >= 4 is 9.84 Å². The summed E-state index contributed by atoms with van der Waals surface area (Å²) in [5, 5.41) is -0.239. The van der Waals surface area contributed by atoms with Gasteiger partial charge in [-0.15, -0.1) is 0 Å². The normalized spacial score (nSPS) is 24.0. The predicted octanol–water partition coefficient (Wildman–Crippen LogP) is 5.04. The second-order valence-corrected chi connectivity index (χ2v) is 11.3. The van der Waals surface area contributed by atoms with Crippen molar-refractivity contribution in [2.75, 3.05) is 12.4 Å². The van der Waals surface area contributed by atoms with Gasteiger partial charge in [-0.3, -0.25) is 0 Å². The molecule has 2 saturated carbocycles. The first-order chi connectivity index (χ1) is 12.4. The molecule has 1 aromatic rings. The fourth-order valence-corrected chi connectivity index (χ4v) is 5.20. The molecule has 3 rings (SSSR count). The van der Waals surface area contributed by atoms with E-state index in [0.717, 1.165) is 43.5 Å². The smallest absolute Gasteiger partial charge is 0.152 e. The standard InChI is InChI=1S/C22H34O3S/c1-17(2)26(23,24)16-21-9-5-18(6-10-21)3-4-19-11-13-22(14-12-19)25-15-20-7-8-20/h11-14,17-18,20-21H,3-10,15-16H2,1-2H3. The Balaban J connectivity index is 1.36. The van der Waals surface area contributed by atoms with Crippen LogP contribution in [0.1, 0.15) is 64.4 Å². The molecule has 146 valence electrons. The Bertz CT molecular complexity index is 651. The highest BCUT2D eigenvalue weighted by atomic mass is 32.2. The highest BCUT2D eigenvalue weighted by molar-refractivity contribution is 7.91. The van der Waals surface area contributed by atoms with Crippen LogP contribution in [0.5, 0.6) is 5.75 Å². The second-order valence-electron chi connectivity index (χ2n) is 8.70. The molecule has 0 bridgehead atoms. The molecule has 0 atom stereocenters. The molecule has 2 aliphatic carbocycles. The average molecular weight is 379 g/mol. The Morgan fingerprint density at radius 1 is 0.923 bits per heavy atom. The third kappa shape index (κ3) is 6.00. The molecule has 1 aromatic carbocycles. The number of ether oxygens (including phenoxy) is 1. The van der Waals surface area contributed by atoms with Crippen LogP contribution in [0.4, 0.5) is 0 Å². The summed E-state index contributed by atoms with van der Waals surface area (Å²) >= 11 is 0. The SMILES string of the molecule is CC(C)S(=O)(=O)CC1CCC(CCc2ccc(OCC3CC3)cc2)CC1. The lowest BCUT2D eigenvalue weighted by molar-refractivity contribution is 0.278. The van der Waals surface area contributed by atoms with E-state index in [1.807, 2.05) is 0 Å². The zero-order chi connectivity index (χ0) is 18.6. The number of hydrogen-bond donors (Lipinski definition) is 0. The van der Waals surface area contributed by atoms with Crippen LogP contribution in [0.15, 0.2) is 24.3 Å². The summed E-state index contributed by atoms with van der Waals surface area (Å²) in [6, 6.07) is 8.60. The minimum atomic E-state index is -2.89. The third-order valence-electron chi connectivity index (χ3n) is 6.10. The molecule has 0 saturated heterocycles. The number of hydrogen-bond acceptors (Lipinski definition) is 3. The van der Waals surface area contributed by atoms with Crippen molar-refractivity contribution in [1.82, 2.24) is 0 Å². The Labute approximate surface area is 159 Å². The summed E-state index contributed by atoms with van der Waals surface area (Å²) in [6.07, 6.45) is 9.48. The number of aryl methyl sites for hydroxylation is 1. The highest BCUT2D eigenvalue weighted by Crippen LogP contribution is 2.33. The molecule has 0 aliphatic heterocycles. The van der Waals surface area contributed by atoms with Gasteiger partial charge in [-0.2, -0.15) is 0 Å². The molecular weight excluding hydrogens is 344 g/mol. The Kier molecular flexibility index (Phi) is 6.65. The fourth-order valence-electron chi connectivity index (χ4n) is 3.83. The second kappa shape index (κ2) is 8.77. The number of sulfone groups is 1. The van der Waals surface area contributed by atoms with Crippen LogP contribution >= 0.6 is 0 Å². The van der Waals surface area contributed by atoms with Crippen LogP contribution in [0.25, 0.3) is 0 Å². The zero-order valence-electron chi connectivity index (χ0n) is 16.3. The maximum atomic E-state index is 12.1. The molecule has 3 nitrogen and oxygen atoms in total. The van der Waals surface area contributed by atoms with Crippen molar-refractivity contribution in [2.45, 2.75) is 70.5 Å². The van der Waals surface area contributed by atoms with E-state index in [1.165, 1.54) is 37.7 Å². The van der Waals surface area contributed by atoms with Gasteiger partial charge in [-0.05, 0) is 87.8 Å². The number of benzene rings is 1. The van der Waals surface area contributed by atoms with Gasteiger partial charge in [0.05, 0.1) is 17.6 Å². The Morgan fingerprint density at radius 3 is 2.08 bits per heavy atom. The van der Waals surface area contributed by atoms with Crippen LogP contribution in [-0.4, -0.2) is 26.0 Å². The van der Waals surface area contributed by atoms with E-state index in [2.05, 4.69) is 24.3 Å². The summed E-state index contributed by atoms with van der Waals surface area (Å²) in [7, 11) is -2.89. The maximum Gasteiger partial charge on any atom is 0.152 e. The van der Waals surface area contributed by atoms with Crippen LogP contribution in [0.2, 0.25) is 0 Å². The zero-order valence-corrected chi connectivity index (χ0v) is 17.1. The molecule has 0 aromatic heterocycles. The van der Waals surface area contributed by atoms with Gasteiger partial charge in [0, 0.05) is 0 Å². The van der Waals surface area contributed by atoms with Crippen molar-refractivity contribution in [3.05, 3.63) is 29.8 Å². The molecule has 4 heteroatoms. The first-order valence-corrected chi connectivity index (χ1v) is 12.1. The molecule has 2 aliphatic rings.